The summed E-state index contributed by atoms with van der Waals surface area (Å²) >= 11 is 6.08. The molecule has 0 aromatic carbocycles. The van der Waals surface area contributed by atoms with Crippen LogP contribution in [0.1, 0.15) is 20.3 Å². The Balaban J connectivity index is 2.98. The van der Waals surface area contributed by atoms with E-state index in [9.17, 15) is 0 Å². The minimum absolute atomic E-state index is 1.12. The lowest BCUT2D eigenvalue weighted by Crippen LogP contribution is -1.91. The van der Waals surface area contributed by atoms with Gasteiger partial charge in [-0.3, -0.25) is 0 Å². The standard InChI is InChI=1S/C13H24S3/c1-12(2)10-15-7-5-6-14-8-9-16-11-13(3)4/h1,3,5-11H2,2,4H3. The molecular weight excluding hydrogens is 252 g/mol. The summed E-state index contributed by atoms with van der Waals surface area (Å²) in [4.78, 5) is 0. The first kappa shape index (κ1) is 16.5. The molecule has 0 aromatic rings. The van der Waals surface area contributed by atoms with Gasteiger partial charge in [0.25, 0.3) is 0 Å². The topological polar surface area (TPSA) is 0 Å². The lowest BCUT2D eigenvalue weighted by atomic mass is 10.4. The van der Waals surface area contributed by atoms with Crippen LogP contribution in [0.5, 0.6) is 0 Å². The molecule has 0 nitrogen and oxygen atoms in total. The molecule has 0 aliphatic rings. The summed E-state index contributed by atoms with van der Waals surface area (Å²) in [6.07, 6.45) is 1.33. The molecule has 3 heteroatoms. The molecule has 0 atom stereocenters. The summed E-state index contributed by atoms with van der Waals surface area (Å²) in [5.74, 6) is 7.36. The van der Waals surface area contributed by atoms with Crippen molar-refractivity contribution in [1.29, 1.82) is 0 Å². The van der Waals surface area contributed by atoms with Crippen LogP contribution in [-0.2, 0) is 0 Å². The Labute approximate surface area is 114 Å². The van der Waals surface area contributed by atoms with E-state index in [0.29, 0.717) is 0 Å². The van der Waals surface area contributed by atoms with Crippen LogP contribution in [-0.4, -0.2) is 34.5 Å². The molecule has 0 amide bonds. The predicted octanol–water partition coefficient (Wildman–Crippen LogP) is 4.73. The molecule has 0 fully saturated rings. The Morgan fingerprint density at radius 3 is 1.75 bits per heavy atom. The summed E-state index contributed by atoms with van der Waals surface area (Å²) in [5.41, 5.74) is 2.57. The van der Waals surface area contributed by atoms with Gasteiger partial charge in [0.2, 0.25) is 0 Å². The second-order valence-electron chi connectivity index (χ2n) is 3.99. The summed E-state index contributed by atoms with van der Waals surface area (Å²) in [5, 5.41) is 0. The van der Waals surface area contributed by atoms with Gasteiger partial charge < -0.3 is 0 Å². The number of hydrogen-bond donors (Lipinski definition) is 0. The van der Waals surface area contributed by atoms with Crippen molar-refractivity contribution < 1.29 is 0 Å². The summed E-state index contributed by atoms with van der Waals surface area (Å²) in [6, 6.07) is 0. The highest BCUT2D eigenvalue weighted by Gasteiger charge is 1.93. The van der Waals surface area contributed by atoms with Crippen molar-refractivity contribution in [2.75, 3.05) is 34.5 Å². The second-order valence-corrected chi connectivity index (χ2v) is 7.42. The van der Waals surface area contributed by atoms with E-state index < -0.39 is 0 Å². The van der Waals surface area contributed by atoms with Gasteiger partial charge in [0.05, 0.1) is 0 Å². The van der Waals surface area contributed by atoms with E-state index in [1.165, 1.54) is 40.6 Å². The van der Waals surface area contributed by atoms with Gasteiger partial charge in [-0.05, 0) is 31.8 Å². The van der Waals surface area contributed by atoms with E-state index in [0.717, 1.165) is 11.5 Å². The average Bonchev–Trinajstić information content (AvgIpc) is 2.20. The molecule has 0 bridgehead atoms. The van der Waals surface area contributed by atoms with Crippen LogP contribution in [0.3, 0.4) is 0 Å². The Kier molecular flexibility index (Phi) is 12.4. The molecule has 0 aliphatic carbocycles. The molecule has 0 saturated carbocycles. The first-order chi connectivity index (χ1) is 7.63. The summed E-state index contributed by atoms with van der Waals surface area (Å²) in [6.45, 7) is 12.0. The zero-order chi connectivity index (χ0) is 12.2. The van der Waals surface area contributed by atoms with Crippen molar-refractivity contribution in [3.63, 3.8) is 0 Å². The zero-order valence-corrected chi connectivity index (χ0v) is 13.0. The van der Waals surface area contributed by atoms with Crippen molar-refractivity contribution in [2.24, 2.45) is 0 Å². The number of rotatable bonds is 11. The van der Waals surface area contributed by atoms with Gasteiger partial charge >= 0.3 is 0 Å². The predicted molar refractivity (Wildman–Crippen MR) is 86.2 cm³/mol. The van der Waals surface area contributed by atoms with Gasteiger partial charge in [-0.2, -0.15) is 35.3 Å². The highest BCUT2D eigenvalue weighted by molar-refractivity contribution is 8.03. The smallest absolute Gasteiger partial charge is 0.0138 e. The van der Waals surface area contributed by atoms with Crippen LogP contribution in [0.4, 0.5) is 0 Å². The van der Waals surface area contributed by atoms with E-state index in [1.807, 2.05) is 23.5 Å². The molecule has 0 aliphatic heterocycles. The zero-order valence-electron chi connectivity index (χ0n) is 10.6. The molecular formula is C13H24S3. The van der Waals surface area contributed by atoms with Crippen molar-refractivity contribution in [2.45, 2.75) is 20.3 Å². The largest absolute Gasteiger partial charge is 0.161 e. The third-order valence-corrected chi connectivity index (χ3v) is 5.44. The Bertz CT molecular complexity index is 177. The Hall–Kier alpha value is 0.530. The van der Waals surface area contributed by atoms with Crippen LogP contribution >= 0.6 is 35.3 Å². The van der Waals surface area contributed by atoms with Gasteiger partial charge in [-0.25, -0.2) is 0 Å². The molecule has 0 saturated heterocycles. The highest BCUT2D eigenvalue weighted by atomic mass is 32.2. The minimum atomic E-state index is 1.12. The number of hydrogen-bond acceptors (Lipinski definition) is 3. The average molecular weight is 277 g/mol. The summed E-state index contributed by atoms with van der Waals surface area (Å²) in [7, 11) is 0. The van der Waals surface area contributed by atoms with E-state index in [1.54, 1.807) is 0 Å². The molecule has 0 unspecified atom stereocenters. The minimum Gasteiger partial charge on any atom is -0.161 e. The lowest BCUT2D eigenvalue weighted by Gasteiger charge is -2.02. The van der Waals surface area contributed by atoms with E-state index in [-0.39, 0.29) is 0 Å². The molecule has 0 radical (unpaired) electrons. The van der Waals surface area contributed by atoms with Crippen molar-refractivity contribution >= 4 is 35.3 Å². The van der Waals surface area contributed by atoms with Crippen LogP contribution in [0.15, 0.2) is 24.3 Å². The quantitative estimate of drug-likeness (QED) is 0.395. The van der Waals surface area contributed by atoms with Gasteiger partial charge in [0.1, 0.15) is 0 Å². The Morgan fingerprint density at radius 1 is 0.750 bits per heavy atom. The van der Waals surface area contributed by atoms with E-state index in [4.69, 9.17) is 0 Å². The number of thioether (sulfide) groups is 3. The molecule has 0 spiro atoms. The van der Waals surface area contributed by atoms with Crippen LogP contribution in [0.2, 0.25) is 0 Å². The van der Waals surface area contributed by atoms with Crippen LogP contribution in [0.25, 0.3) is 0 Å². The summed E-state index contributed by atoms with van der Waals surface area (Å²) < 4.78 is 0. The van der Waals surface area contributed by atoms with Gasteiger partial charge in [0.15, 0.2) is 0 Å². The molecule has 0 N–H and O–H groups in total. The third kappa shape index (κ3) is 14.5. The van der Waals surface area contributed by atoms with Gasteiger partial charge in [-0.1, -0.05) is 24.3 Å². The van der Waals surface area contributed by atoms with Crippen molar-refractivity contribution in [3.8, 4) is 0 Å². The maximum absolute atomic E-state index is 3.90. The molecule has 0 aromatic heterocycles. The van der Waals surface area contributed by atoms with Crippen LogP contribution < -0.4 is 0 Å². The fourth-order valence-corrected chi connectivity index (χ4v) is 3.99. The SMILES string of the molecule is C=C(C)CSCCCSCCSCC(=C)C. The maximum atomic E-state index is 3.90. The highest BCUT2D eigenvalue weighted by Crippen LogP contribution is 2.13. The molecule has 0 heterocycles. The van der Waals surface area contributed by atoms with Crippen LogP contribution in [0, 0.1) is 0 Å². The Morgan fingerprint density at radius 2 is 1.19 bits per heavy atom. The molecule has 16 heavy (non-hydrogen) atoms. The monoisotopic (exact) mass is 276 g/mol. The molecule has 0 rings (SSSR count). The lowest BCUT2D eigenvalue weighted by molar-refractivity contribution is 1.12. The van der Waals surface area contributed by atoms with E-state index >= 15 is 0 Å². The second kappa shape index (κ2) is 12.0. The molecule has 94 valence electrons. The maximum Gasteiger partial charge on any atom is 0.0138 e. The van der Waals surface area contributed by atoms with Gasteiger partial charge in [0, 0.05) is 23.0 Å². The first-order valence-corrected chi connectivity index (χ1v) is 9.11. The van der Waals surface area contributed by atoms with Gasteiger partial charge in [-0.15, -0.1) is 0 Å². The van der Waals surface area contributed by atoms with Crippen molar-refractivity contribution in [1.82, 2.24) is 0 Å². The first-order valence-electron chi connectivity index (χ1n) is 5.65. The third-order valence-electron chi connectivity index (χ3n) is 1.65. The van der Waals surface area contributed by atoms with E-state index in [2.05, 4.69) is 38.8 Å². The normalized spacial score (nSPS) is 10.4. The fraction of sp³-hybridized carbons (Fsp3) is 0.692. The van der Waals surface area contributed by atoms with Crippen molar-refractivity contribution in [3.05, 3.63) is 24.3 Å². The fourth-order valence-electron chi connectivity index (χ4n) is 0.976.